The Bertz CT molecular complexity index is 4050. The van der Waals surface area contributed by atoms with E-state index in [0.29, 0.717) is 23.3 Å². The van der Waals surface area contributed by atoms with Gasteiger partial charge < -0.3 is 0 Å². The summed E-state index contributed by atoms with van der Waals surface area (Å²) in [6.45, 7) is 4.01. The van der Waals surface area contributed by atoms with Crippen molar-refractivity contribution in [3.8, 4) is 90.1 Å². The molecule has 7 nitrogen and oxygen atoms in total. The lowest BCUT2D eigenvalue weighted by molar-refractivity contribution is 1.06. The van der Waals surface area contributed by atoms with Gasteiger partial charge in [0.1, 0.15) is 0 Å². The molecule has 0 aliphatic carbocycles. The summed E-state index contributed by atoms with van der Waals surface area (Å²) in [5.74, 6) is 2.42. The third-order valence-electron chi connectivity index (χ3n) is 13.5. The molecule has 0 amide bonds. The third-order valence-corrected chi connectivity index (χ3v) is 13.5. The molecule has 0 spiro atoms. The Morgan fingerprint density at radius 2 is 0.667 bits per heavy atom. The molecule has 0 saturated heterocycles. The average Bonchev–Trinajstić information content (AvgIpc) is 3.44. The molecule has 9 aromatic carbocycles. The molecule has 0 atom stereocenters. The van der Waals surface area contributed by atoms with Crippen LogP contribution >= 0.6 is 0 Å². The number of fused-ring (bicyclic) bond motifs is 5. The summed E-state index contributed by atoms with van der Waals surface area (Å²) in [6, 6.07) is 74.5. The minimum absolute atomic E-state index is 0.563. The van der Waals surface area contributed by atoms with Crippen molar-refractivity contribution in [3.63, 3.8) is 0 Å². The molecular weight excluding hydrogens is 879 g/mol. The normalized spacial score (nSPS) is 11.5. The van der Waals surface area contributed by atoms with Crippen molar-refractivity contribution in [2.45, 2.75) is 13.8 Å². The molecule has 0 aliphatic heterocycles. The predicted molar refractivity (Wildman–Crippen MR) is 294 cm³/mol. The maximum Gasteiger partial charge on any atom is 0.164 e. The molecular formula is C65H43N7. The van der Waals surface area contributed by atoms with Crippen LogP contribution < -0.4 is 0 Å². The number of hydrogen-bond donors (Lipinski definition) is 0. The smallest absolute Gasteiger partial charge is 0.164 e. The van der Waals surface area contributed by atoms with Crippen LogP contribution in [0.1, 0.15) is 11.4 Å². The van der Waals surface area contributed by atoms with E-state index in [1.165, 1.54) is 21.5 Å². The molecule has 4 aromatic heterocycles. The number of hydrogen-bond acceptors (Lipinski definition) is 7. The highest BCUT2D eigenvalue weighted by Crippen LogP contribution is 2.40. The Kier molecular flexibility index (Phi) is 10.5. The Labute approximate surface area is 416 Å². The maximum atomic E-state index is 5.34. The first-order chi connectivity index (χ1) is 35.5. The number of nitrogens with zero attached hydrogens (tertiary/aromatic N) is 7. The van der Waals surface area contributed by atoms with Gasteiger partial charge in [0.15, 0.2) is 23.3 Å². The highest BCUT2D eigenvalue weighted by atomic mass is 15.0. The van der Waals surface area contributed by atoms with Gasteiger partial charge in [-0.1, -0.05) is 170 Å². The Hall–Kier alpha value is -9.59. The molecule has 4 heterocycles. The molecule has 0 N–H and O–H groups in total. The molecule has 7 heteroatoms. The highest BCUT2D eigenvalue weighted by Gasteiger charge is 2.18. The number of rotatable bonds is 8. The molecule has 0 bridgehead atoms. The summed E-state index contributed by atoms with van der Waals surface area (Å²) in [6.07, 6.45) is 3.69. The lowest BCUT2D eigenvalue weighted by Crippen LogP contribution is -2.01. The van der Waals surface area contributed by atoms with Crippen LogP contribution in [-0.2, 0) is 0 Å². The fourth-order valence-electron chi connectivity index (χ4n) is 10.1. The number of aryl methyl sites for hydroxylation is 2. The van der Waals surface area contributed by atoms with Crippen molar-refractivity contribution in [1.29, 1.82) is 0 Å². The summed E-state index contributed by atoms with van der Waals surface area (Å²) < 4.78 is 0. The standard InChI is InChI=1S/C65H43N7/c1-40-35-41(2)69-62(68-40)47-27-21-42(22-28-47)51-36-52(59-39-50-11-3-4-16-54(50)57-17-5-6-18-58(57)59)38-53(37-51)65-71-63(48-29-23-43(24-30-48)55-19-7-12-45-14-9-33-66-60(45)55)70-64(72-65)49-31-25-44(26-32-49)56-20-8-13-46-15-10-34-67-61(46)56/h3-39H,1-2H3. The quantitative estimate of drug-likeness (QED) is 0.140. The highest BCUT2D eigenvalue weighted by molar-refractivity contribution is 6.14. The number of benzene rings is 9. The first kappa shape index (κ1) is 42.5. The zero-order valence-electron chi connectivity index (χ0n) is 39.5. The minimum Gasteiger partial charge on any atom is -0.256 e. The summed E-state index contributed by atoms with van der Waals surface area (Å²) in [7, 11) is 0. The van der Waals surface area contributed by atoms with Gasteiger partial charge in [0.25, 0.3) is 0 Å². The van der Waals surface area contributed by atoms with Gasteiger partial charge in [-0.15, -0.1) is 0 Å². The van der Waals surface area contributed by atoms with Crippen molar-refractivity contribution in [2.75, 3.05) is 0 Å². The van der Waals surface area contributed by atoms with E-state index in [1.807, 2.05) is 44.4 Å². The van der Waals surface area contributed by atoms with Crippen molar-refractivity contribution >= 4 is 43.4 Å². The van der Waals surface area contributed by atoms with Crippen LogP contribution in [0.5, 0.6) is 0 Å². The van der Waals surface area contributed by atoms with Gasteiger partial charge in [0.2, 0.25) is 0 Å². The summed E-state index contributed by atoms with van der Waals surface area (Å²) in [4.78, 5) is 34.9. The second-order valence-corrected chi connectivity index (χ2v) is 18.3. The van der Waals surface area contributed by atoms with Crippen molar-refractivity contribution < 1.29 is 0 Å². The Morgan fingerprint density at radius 1 is 0.250 bits per heavy atom. The van der Waals surface area contributed by atoms with E-state index in [9.17, 15) is 0 Å². The summed E-state index contributed by atoms with van der Waals surface area (Å²) >= 11 is 0. The monoisotopic (exact) mass is 921 g/mol. The van der Waals surface area contributed by atoms with Crippen LogP contribution in [0.15, 0.2) is 225 Å². The van der Waals surface area contributed by atoms with Crippen LogP contribution in [0.25, 0.3) is 133 Å². The van der Waals surface area contributed by atoms with Gasteiger partial charge in [-0.25, -0.2) is 24.9 Å². The number of aromatic nitrogens is 7. The largest absolute Gasteiger partial charge is 0.256 e. The summed E-state index contributed by atoms with van der Waals surface area (Å²) in [5, 5.41) is 6.95. The fourth-order valence-corrected chi connectivity index (χ4v) is 10.1. The number of para-hydroxylation sites is 2. The van der Waals surface area contributed by atoms with Gasteiger partial charge >= 0.3 is 0 Å². The molecule has 72 heavy (non-hydrogen) atoms. The lowest BCUT2D eigenvalue weighted by atomic mass is 9.90. The maximum absolute atomic E-state index is 5.34. The van der Waals surface area contributed by atoms with Gasteiger partial charge in [-0.05, 0) is 111 Å². The fraction of sp³-hybridized carbons (Fsp3) is 0.0308. The van der Waals surface area contributed by atoms with E-state index in [0.717, 1.165) is 100.0 Å². The van der Waals surface area contributed by atoms with Gasteiger partial charge in [0.05, 0.1) is 11.0 Å². The van der Waals surface area contributed by atoms with Gasteiger partial charge in [-0.2, -0.15) is 0 Å². The predicted octanol–water partition coefficient (Wildman–Crippen LogP) is 16.0. The zero-order chi connectivity index (χ0) is 48.1. The molecule has 0 unspecified atom stereocenters. The molecule has 13 aromatic rings. The van der Waals surface area contributed by atoms with Crippen molar-refractivity contribution in [3.05, 3.63) is 236 Å². The van der Waals surface area contributed by atoms with Crippen LogP contribution in [0.4, 0.5) is 0 Å². The first-order valence-corrected chi connectivity index (χ1v) is 24.1. The van der Waals surface area contributed by atoms with E-state index in [1.54, 1.807) is 0 Å². The molecule has 13 rings (SSSR count). The van der Waals surface area contributed by atoms with E-state index in [-0.39, 0.29) is 0 Å². The van der Waals surface area contributed by atoms with Crippen LogP contribution in [0.3, 0.4) is 0 Å². The molecule has 0 aliphatic rings. The van der Waals surface area contributed by atoms with Crippen molar-refractivity contribution in [1.82, 2.24) is 34.9 Å². The lowest BCUT2D eigenvalue weighted by Gasteiger charge is -2.15. The molecule has 0 radical (unpaired) electrons. The Morgan fingerprint density at radius 3 is 1.24 bits per heavy atom. The van der Waals surface area contributed by atoms with Crippen LogP contribution in [0, 0.1) is 13.8 Å². The van der Waals surface area contributed by atoms with Crippen molar-refractivity contribution in [2.24, 2.45) is 0 Å². The minimum atomic E-state index is 0.563. The SMILES string of the molecule is Cc1cc(C)nc(-c2ccc(-c3cc(-c4nc(-c5ccc(-c6cccc7cccnc67)cc5)nc(-c5ccc(-c6cccc7cccnc67)cc5)n4)cc(-c4cc5ccccc5c5ccccc45)c3)cc2)n1. The first-order valence-electron chi connectivity index (χ1n) is 24.1. The zero-order valence-corrected chi connectivity index (χ0v) is 39.5. The third kappa shape index (κ3) is 7.89. The second-order valence-electron chi connectivity index (χ2n) is 18.3. The molecule has 0 fully saturated rings. The van der Waals surface area contributed by atoms with E-state index >= 15 is 0 Å². The van der Waals surface area contributed by atoms with Gasteiger partial charge in [0, 0.05) is 67.9 Å². The average molecular weight is 922 g/mol. The van der Waals surface area contributed by atoms with E-state index < -0.39 is 0 Å². The van der Waals surface area contributed by atoms with E-state index in [2.05, 4.69) is 194 Å². The number of pyridine rings is 2. The van der Waals surface area contributed by atoms with Crippen LogP contribution in [0.2, 0.25) is 0 Å². The summed E-state index contributed by atoms with van der Waals surface area (Å²) in [5.41, 5.74) is 15.9. The van der Waals surface area contributed by atoms with E-state index in [4.69, 9.17) is 34.9 Å². The molecule has 338 valence electrons. The Balaban J connectivity index is 0.993. The molecule has 0 saturated carbocycles. The topological polar surface area (TPSA) is 90.2 Å². The second kappa shape index (κ2) is 17.7. The van der Waals surface area contributed by atoms with Gasteiger partial charge in [-0.3, -0.25) is 9.97 Å². The van der Waals surface area contributed by atoms with Crippen LogP contribution in [-0.4, -0.2) is 34.9 Å².